The summed E-state index contributed by atoms with van der Waals surface area (Å²) in [5, 5.41) is 5.00. The van der Waals surface area contributed by atoms with E-state index in [4.69, 9.17) is 27.9 Å². The summed E-state index contributed by atoms with van der Waals surface area (Å²) in [4.78, 5) is 23.0. The molecule has 3 rings (SSSR count). The Hall–Kier alpha value is -1.63. The molecule has 8 heteroatoms. The van der Waals surface area contributed by atoms with Gasteiger partial charge in [-0.1, -0.05) is 23.2 Å². The first-order valence-corrected chi connectivity index (χ1v) is 8.82. The number of fused-ring (bicyclic) bond motifs is 1. The summed E-state index contributed by atoms with van der Waals surface area (Å²) in [6.45, 7) is 7.33. The summed E-state index contributed by atoms with van der Waals surface area (Å²) in [5.41, 5.74) is 0.755. The van der Waals surface area contributed by atoms with E-state index < -0.39 is 5.60 Å². The van der Waals surface area contributed by atoms with Crippen LogP contribution in [0.4, 0.5) is 4.79 Å². The maximum Gasteiger partial charge on any atom is 0.410 e. The smallest absolute Gasteiger partial charge is 0.410 e. The van der Waals surface area contributed by atoms with E-state index >= 15 is 0 Å². The van der Waals surface area contributed by atoms with Gasteiger partial charge in [-0.15, -0.1) is 0 Å². The number of rotatable bonds is 1. The predicted octanol–water partition coefficient (Wildman–Crippen LogP) is 3.82. The Morgan fingerprint density at radius 3 is 2.80 bits per heavy atom. The second kappa shape index (κ2) is 6.94. The Bertz CT molecular complexity index is 807. The number of benzene rings is 1. The summed E-state index contributed by atoms with van der Waals surface area (Å²) < 4.78 is 5.55. The third-order valence-electron chi connectivity index (χ3n) is 3.87. The second-order valence-electron chi connectivity index (χ2n) is 6.94. The zero-order chi connectivity index (χ0) is 18.2. The predicted molar refractivity (Wildman–Crippen MR) is 98.1 cm³/mol. The van der Waals surface area contributed by atoms with Crippen LogP contribution in [0.1, 0.15) is 32.5 Å². The molecule has 0 radical (unpaired) electrons. The van der Waals surface area contributed by atoms with Crippen molar-refractivity contribution in [1.82, 2.24) is 20.2 Å². The van der Waals surface area contributed by atoms with Gasteiger partial charge in [0.1, 0.15) is 11.9 Å². The fourth-order valence-corrected chi connectivity index (χ4v) is 3.41. The Balaban J connectivity index is 2.04. The number of carbonyl (C=O) groups is 1. The number of hydrogen-bond donors (Lipinski definition) is 1. The standard InChI is InChI=1S/C17H20Cl2N4O2/c1-17(2,3)25-16(24)23-5-4-20-8-13(23)15-11-6-10(18)7-12(19)14(11)21-9-22-15/h6-7,9,13,20H,4-5,8H2,1-3H3. The van der Waals surface area contributed by atoms with Crippen LogP contribution in [-0.4, -0.2) is 46.2 Å². The average Bonchev–Trinajstić information content (AvgIpc) is 2.52. The van der Waals surface area contributed by atoms with Crippen molar-refractivity contribution in [3.63, 3.8) is 0 Å². The molecule has 1 aromatic carbocycles. The lowest BCUT2D eigenvalue weighted by atomic mass is 10.0. The van der Waals surface area contributed by atoms with Gasteiger partial charge in [-0.05, 0) is 32.9 Å². The van der Waals surface area contributed by atoms with Gasteiger partial charge in [0.05, 0.1) is 22.3 Å². The van der Waals surface area contributed by atoms with Crippen molar-refractivity contribution in [2.45, 2.75) is 32.4 Å². The second-order valence-corrected chi connectivity index (χ2v) is 7.78. The number of carbonyl (C=O) groups excluding carboxylic acids is 1. The molecule has 1 aliphatic rings. The SMILES string of the molecule is CC(C)(C)OC(=O)N1CCNCC1c1ncnc2c(Cl)cc(Cl)cc12. The number of halogens is 2. The van der Waals surface area contributed by atoms with E-state index in [0.29, 0.717) is 40.9 Å². The zero-order valence-electron chi connectivity index (χ0n) is 14.3. The van der Waals surface area contributed by atoms with Crippen molar-refractivity contribution in [2.75, 3.05) is 19.6 Å². The van der Waals surface area contributed by atoms with E-state index in [1.165, 1.54) is 6.33 Å². The van der Waals surface area contributed by atoms with Gasteiger partial charge in [-0.25, -0.2) is 14.8 Å². The van der Waals surface area contributed by atoms with Crippen LogP contribution < -0.4 is 5.32 Å². The van der Waals surface area contributed by atoms with Crippen molar-refractivity contribution in [2.24, 2.45) is 0 Å². The highest BCUT2D eigenvalue weighted by Crippen LogP contribution is 2.32. The summed E-state index contributed by atoms with van der Waals surface area (Å²) in [6, 6.07) is 3.14. The highest BCUT2D eigenvalue weighted by Gasteiger charge is 2.33. The van der Waals surface area contributed by atoms with Crippen LogP contribution in [0, 0.1) is 0 Å². The molecule has 1 aromatic heterocycles. The number of ether oxygens (including phenoxy) is 1. The monoisotopic (exact) mass is 382 g/mol. The summed E-state index contributed by atoms with van der Waals surface area (Å²) in [6.07, 6.45) is 1.10. The molecular weight excluding hydrogens is 363 g/mol. The normalized spacial score (nSPS) is 18.4. The summed E-state index contributed by atoms with van der Waals surface area (Å²) in [7, 11) is 0. The maximum absolute atomic E-state index is 12.6. The van der Waals surface area contributed by atoms with E-state index in [2.05, 4.69) is 15.3 Å². The number of nitrogens with one attached hydrogen (secondary N) is 1. The molecule has 6 nitrogen and oxygen atoms in total. The molecule has 1 unspecified atom stereocenters. The Morgan fingerprint density at radius 1 is 1.32 bits per heavy atom. The Kier molecular flexibility index (Phi) is 5.04. The molecule has 1 aliphatic heterocycles. The molecule has 1 saturated heterocycles. The third-order valence-corrected chi connectivity index (χ3v) is 4.38. The minimum Gasteiger partial charge on any atom is -0.444 e. The lowest BCUT2D eigenvalue weighted by molar-refractivity contribution is 0.0115. The molecule has 25 heavy (non-hydrogen) atoms. The molecule has 1 fully saturated rings. The van der Waals surface area contributed by atoms with E-state index in [9.17, 15) is 4.79 Å². The molecule has 1 amide bonds. The van der Waals surface area contributed by atoms with Gasteiger partial charge >= 0.3 is 6.09 Å². The van der Waals surface area contributed by atoms with Gasteiger partial charge in [0.25, 0.3) is 0 Å². The molecule has 0 spiro atoms. The minimum absolute atomic E-state index is 0.288. The first-order valence-electron chi connectivity index (χ1n) is 8.06. The Labute approximate surface area is 156 Å². The van der Waals surface area contributed by atoms with Gasteiger partial charge in [0.15, 0.2) is 0 Å². The van der Waals surface area contributed by atoms with E-state index in [-0.39, 0.29) is 12.1 Å². The van der Waals surface area contributed by atoms with Gasteiger partial charge in [-0.3, -0.25) is 4.90 Å². The molecule has 0 aliphatic carbocycles. The molecule has 2 aromatic rings. The molecule has 0 saturated carbocycles. The maximum atomic E-state index is 12.6. The van der Waals surface area contributed by atoms with E-state index in [1.807, 2.05) is 20.8 Å². The van der Waals surface area contributed by atoms with Gasteiger partial charge in [0.2, 0.25) is 0 Å². The molecular formula is C17H20Cl2N4O2. The van der Waals surface area contributed by atoms with Crippen molar-refractivity contribution in [3.8, 4) is 0 Å². The number of amides is 1. The lowest BCUT2D eigenvalue weighted by Gasteiger charge is -2.37. The van der Waals surface area contributed by atoms with Crippen molar-refractivity contribution in [1.29, 1.82) is 0 Å². The van der Waals surface area contributed by atoms with E-state index in [0.717, 1.165) is 5.39 Å². The van der Waals surface area contributed by atoms with Crippen molar-refractivity contribution < 1.29 is 9.53 Å². The van der Waals surface area contributed by atoms with Crippen LogP contribution in [0.5, 0.6) is 0 Å². The van der Waals surface area contributed by atoms with Gasteiger partial charge in [0, 0.05) is 30.0 Å². The first-order chi connectivity index (χ1) is 11.8. The molecule has 0 bridgehead atoms. The molecule has 2 heterocycles. The van der Waals surface area contributed by atoms with Crippen LogP contribution >= 0.6 is 23.2 Å². The quantitative estimate of drug-likeness (QED) is 0.811. The van der Waals surface area contributed by atoms with E-state index in [1.54, 1.807) is 17.0 Å². The van der Waals surface area contributed by atoms with Gasteiger partial charge < -0.3 is 10.1 Å². The highest BCUT2D eigenvalue weighted by molar-refractivity contribution is 6.38. The number of hydrogen-bond acceptors (Lipinski definition) is 5. The van der Waals surface area contributed by atoms with Crippen LogP contribution in [0.3, 0.4) is 0 Å². The molecule has 134 valence electrons. The number of nitrogens with zero attached hydrogens (tertiary/aromatic N) is 3. The lowest BCUT2D eigenvalue weighted by Crippen LogP contribution is -2.50. The molecule has 1 atom stereocenters. The van der Waals surface area contributed by atoms with Crippen molar-refractivity contribution in [3.05, 3.63) is 34.2 Å². The zero-order valence-corrected chi connectivity index (χ0v) is 15.9. The third kappa shape index (κ3) is 3.97. The Morgan fingerprint density at radius 2 is 2.08 bits per heavy atom. The largest absolute Gasteiger partial charge is 0.444 e. The minimum atomic E-state index is -0.563. The van der Waals surface area contributed by atoms with Gasteiger partial charge in [-0.2, -0.15) is 0 Å². The molecule has 1 N–H and O–H groups in total. The first kappa shape index (κ1) is 18.2. The summed E-state index contributed by atoms with van der Waals surface area (Å²) >= 11 is 12.4. The average molecular weight is 383 g/mol. The van der Waals surface area contributed by atoms with Crippen LogP contribution in [0.2, 0.25) is 10.0 Å². The van der Waals surface area contributed by atoms with Crippen molar-refractivity contribution >= 4 is 40.2 Å². The number of aromatic nitrogens is 2. The van der Waals surface area contributed by atoms with Crippen LogP contribution in [-0.2, 0) is 4.74 Å². The van der Waals surface area contributed by atoms with Crippen LogP contribution in [0.25, 0.3) is 10.9 Å². The topological polar surface area (TPSA) is 67.3 Å². The fourth-order valence-electron chi connectivity index (χ4n) is 2.86. The number of piperazine rings is 1. The highest BCUT2D eigenvalue weighted by atomic mass is 35.5. The fraction of sp³-hybridized carbons (Fsp3) is 0.471. The summed E-state index contributed by atoms with van der Waals surface area (Å²) in [5.74, 6) is 0. The van der Waals surface area contributed by atoms with Crippen LogP contribution in [0.15, 0.2) is 18.5 Å².